The Kier molecular flexibility index (Phi) is 5.55. The molecule has 0 radical (unpaired) electrons. The van der Waals surface area contributed by atoms with Crippen LogP contribution in [0.4, 0.5) is 5.82 Å². The second-order valence-electron chi connectivity index (χ2n) is 10.2. The number of Topliss-reactive ketones (excluding diaryl/α,β-unsaturated/α-hetero) is 1. The molecule has 2 N–H and O–H groups in total. The van der Waals surface area contributed by atoms with Crippen molar-refractivity contribution in [3.63, 3.8) is 0 Å². The van der Waals surface area contributed by atoms with E-state index in [0.717, 1.165) is 37.6 Å². The summed E-state index contributed by atoms with van der Waals surface area (Å²) < 4.78 is 0. The summed E-state index contributed by atoms with van der Waals surface area (Å²) in [4.78, 5) is 26.1. The number of carbonyl (C=O) groups excluding carboxylic acids is 2. The van der Waals surface area contributed by atoms with Gasteiger partial charge in [0.05, 0.1) is 12.0 Å². The van der Waals surface area contributed by atoms with Gasteiger partial charge in [0, 0.05) is 17.4 Å². The van der Waals surface area contributed by atoms with Crippen molar-refractivity contribution >= 4 is 17.5 Å². The molecule has 0 spiro atoms. The summed E-state index contributed by atoms with van der Waals surface area (Å²) in [7, 11) is 0. The fourth-order valence-corrected chi connectivity index (χ4v) is 6.92. The lowest BCUT2D eigenvalue weighted by Crippen LogP contribution is -2.44. The molecule has 1 aromatic heterocycles. The van der Waals surface area contributed by atoms with Gasteiger partial charge in [-0.2, -0.15) is 5.10 Å². The first-order valence-electron chi connectivity index (χ1n) is 12.0. The quantitative estimate of drug-likeness (QED) is 0.515. The molecule has 6 nitrogen and oxygen atoms in total. The smallest absolute Gasteiger partial charge is 0.225 e. The summed E-state index contributed by atoms with van der Waals surface area (Å²) in [6.07, 6.45) is 5.72. The number of nitrogens with zero attached hydrogens (tertiary/aromatic N) is 2. The van der Waals surface area contributed by atoms with Gasteiger partial charge in [0.25, 0.3) is 0 Å². The number of aliphatic hydroxyl groups is 1. The lowest BCUT2D eigenvalue weighted by atomic mass is 9.54. The van der Waals surface area contributed by atoms with Gasteiger partial charge in [0.1, 0.15) is 0 Å². The number of aryl methyl sites for hydroxylation is 2. The molecular weight excluding hydrogens is 414 g/mol. The molecule has 0 saturated heterocycles. The van der Waals surface area contributed by atoms with E-state index in [9.17, 15) is 14.7 Å². The van der Waals surface area contributed by atoms with Crippen LogP contribution < -0.4 is 5.32 Å². The average Bonchev–Trinajstić information content (AvgIpc) is 3.05. The predicted octanol–water partition coefficient (Wildman–Crippen LogP) is 4.91. The Labute approximate surface area is 194 Å². The van der Waals surface area contributed by atoms with E-state index in [1.807, 2.05) is 6.92 Å². The van der Waals surface area contributed by atoms with Gasteiger partial charge in [0.2, 0.25) is 5.91 Å². The first-order valence-corrected chi connectivity index (χ1v) is 12.0. The number of anilines is 1. The first-order chi connectivity index (χ1) is 15.9. The molecule has 3 aliphatic carbocycles. The second kappa shape index (κ2) is 8.40. The van der Waals surface area contributed by atoms with Crippen LogP contribution in [0, 0.1) is 30.1 Å². The molecule has 0 aliphatic heterocycles. The highest BCUT2D eigenvalue weighted by Gasteiger charge is 2.60. The maximum absolute atomic E-state index is 13.4. The molecule has 2 aromatic rings. The van der Waals surface area contributed by atoms with Crippen LogP contribution in [-0.2, 0) is 16.0 Å². The van der Waals surface area contributed by atoms with E-state index in [1.165, 1.54) is 11.1 Å². The third-order valence-electron chi connectivity index (χ3n) is 8.39. The second-order valence-corrected chi connectivity index (χ2v) is 10.2. The van der Waals surface area contributed by atoms with Crippen LogP contribution in [0.3, 0.4) is 0 Å². The Morgan fingerprint density at radius 2 is 2.03 bits per heavy atom. The van der Waals surface area contributed by atoms with E-state index in [2.05, 4.69) is 46.7 Å². The van der Waals surface area contributed by atoms with Gasteiger partial charge in [-0.1, -0.05) is 31.2 Å². The lowest BCUT2D eigenvalue weighted by molar-refractivity contribution is -0.127. The van der Waals surface area contributed by atoms with Gasteiger partial charge in [-0.15, -0.1) is 5.10 Å². The van der Waals surface area contributed by atoms with Gasteiger partial charge in [0.15, 0.2) is 11.6 Å². The highest BCUT2D eigenvalue weighted by Crippen LogP contribution is 2.63. The number of fused-ring (bicyclic) bond motifs is 5. The summed E-state index contributed by atoms with van der Waals surface area (Å²) in [5.41, 5.74) is 3.69. The van der Waals surface area contributed by atoms with Gasteiger partial charge in [-0.3, -0.25) is 9.59 Å². The van der Waals surface area contributed by atoms with Gasteiger partial charge in [-0.25, -0.2) is 0 Å². The van der Waals surface area contributed by atoms with Gasteiger partial charge >= 0.3 is 0 Å². The Hall–Kier alpha value is -3.02. The average molecular weight is 446 g/mol. The van der Waals surface area contributed by atoms with Crippen molar-refractivity contribution in [2.45, 2.75) is 58.3 Å². The van der Waals surface area contributed by atoms with Crippen LogP contribution in [0.2, 0.25) is 0 Å². The zero-order valence-electron chi connectivity index (χ0n) is 19.3. The largest absolute Gasteiger partial charge is 0.515 e. The standard InChI is InChI=1S/C27H31N3O3/c1-16-7-11-23(30-29-16)28-24(32)12-10-21-22(15-31)26(33)27(2)14-13-19-18-6-4-3-5-17(18)8-9-20(19)25(21)27/h3-7,11,15,19-21,25,31H,8-10,12-14H2,1-2H3,(H,28,30,32)/b22-15-/t19?,20?,21-,25?,27+/m1/s1. The molecule has 6 heteroatoms. The van der Waals surface area contributed by atoms with E-state index >= 15 is 0 Å². The van der Waals surface area contributed by atoms with E-state index in [1.54, 1.807) is 12.1 Å². The van der Waals surface area contributed by atoms with Crippen LogP contribution in [-0.4, -0.2) is 27.0 Å². The number of amides is 1. The molecule has 3 unspecified atom stereocenters. The number of hydrogen-bond acceptors (Lipinski definition) is 5. The van der Waals surface area contributed by atoms with Crippen LogP contribution in [0.15, 0.2) is 48.2 Å². The summed E-state index contributed by atoms with van der Waals surface area (Å²) in [6, 6.07) is 12.2. The van der Waals surface area contributed by atoms with Gasteiger partial charge in [-0.05, 0) is 86.0 Å². The summed E-state index contributed by atoms with van der Waals surface area (Å²) >= 11 is 0. The summed E-state index contributed by atoms with van der Waals surface area (Å²) in [6.45, 7) is 3.93. The molecule has 5 atom stereocenters. The molecule has 1 heterocycles. The van der Waals surface area contributed by atoms with E-state index in [4.69, 9.17) is 0 Å². The Bertz CT molecular complexity index is 1110. The fourth-order valence-electron chi connectivity index (χ4n) is 6.92. The van der Waals surface area contributed by atoms with E-state index in [0.29, 0.717) is 29.6 Å². The number of aliphatic hydroxyl groups excluding tert-OH is 1. The molecule has 1 amide bonds. The summed E-state index contributed by atoms with van der Waals surface area (Å²) in [5.74, 6) is 1.21. The number of rotatable bonds is 4. The molecular formula is C27H31N3O3. The number of hydrogen-bond donors (Lipinski definition) is 2. The zero-order chi connectivity index (χ0) is 23.2. The third kappa shape index (κ3) is 3.65. The minimum atomic E-state index is -0.467. The minimum Gasteiger partial charge on any atom is -0.515 e. The van der Waals surface area contributed by atoms with Crippen molar-refractivity contribution in [1.82, 2.24) is 10.2 Å². The fraction of sp³-hybridized carbons (Fsp3) is 0.481. The van der Waals surface area contributed by atoms with Crippen LogP contribution in [0.5, 0.6) is 0 Å². The number of carbonyl (C=O) groups is 2. The number of ketones is 1. The van der Waals surface area contributed by atoms with Gasteiger partial charge < -0.3 is 10.4 Å². The molecule has 2 saturated carbocycles. The molecule has 1 aromatic carbocycles. The number of benzene rings is 1. The van der Waals surface area contributed by atoms with E-state index < -0.39 is 5.41 Å². The van der Waals surface area contributed by atoms with Crippen LogP contribution in [0.1, 0.15) is 61.8 Å². The molecule has 3 aliphatic rings. The lowest BCUT2D eigenvalue weighted by Gasteiger charge is -2.49. The Morgan fingerprint density at radius 1 is 1.21 bits per heavy atom. The highest BCUT2D eigenvalue weighted by molar-refractivity contribution is 6.03. The number of nitrogens with one attached hydrogen (secondary N) is 1. The van der Waals surface area contributed by atoms with Crippen molar-refractivity contribution in [2.75, 3.05) is 5.32 Å². The van der Waals surface area contributed by atoms with Crippen LogP contribution >= 0.6 is 0 Å². The first kappa shape index (κ1) is 21.8. The Morgan fingerprint density at radius 3 is 2.79 bits per heavy atom. The van der Waals surface area contributed by atoms with Crippen molar-refractivity contribution < 1.29 is 14.7 Å². The maximum atomic E-state index is 13.4. The zero-order valence-corrected chi connectivity index (χ0v) is 19.3. The maximum Gasteiger partial charge on any atom is 0.225 e. The van der Waals surface area contributed by atoms with Crippen molar-refractivity contribution in [3.8, 4) is 0 Å². The topological polar surface area (TPSA) is 92.2 Å². The predicted molar refractivity (Wildman–Crippen MR) is 126 cm³/mol. The normalized spacial score (nSPS) is 31.6. The van der Waals surface area contributed by atoms with Crippen LogP contribution in [0.25, 0.3) is 0 Å². The van der Waals surface area contributed by atoms with Crippen molar-refractivity contribution in [1.29, 1.82) is 0 Å². The van der Waals surface area contributed by atoms with E-state index in [-0.39, 0.29) is 29.9 Å². The summed E-state index contributed by atoms with van der Waals surface area (Å²) in [5, 5.41) is 20.8. The van der Waals surface area contributed by atoms with Crippen molar-refractivity contribution in [3.05, 3.63) is 65.1 Å². The molecule has 2 fully saturated rings. The molecule has 33 heavy (non-hydrogen) atoms. The molecule has 5 rings (SSSR count). The molecule has 172 valence electrons. The number of aromatic nitrogens is 2. The SMILES string of the molecule is Cc1ccc(NC(=O)CC[C@@H]2/C(=C/O)C(=O)[C@@]3(C)CCC4c5ccccc5CCC4C23)nn1. The minimum absolute atomic E-state index is 0.0714. The highest BCUT2D eigenvalue weighted by atomic mass is 16.2. The number of allylic oxidation sites excluding steroid dienone is 1. The monoisotopic (exact) mass is 445 g/mol. The van der Waals surface area contributed by atoms with Crippen molar-refractivity contribution in [2.24, 2.45) is 23.2 Å². The third-order valence-corrected chi connectivity index (χ3v) is 8.39. The Balaban J connectivity index is 1.38. The molecule has 0 bridgehead atoms.